The maximum atomic E-state index is 12.6. The molecule has 0 spiro atoms. The SMILES string of the molecule is CCNC(=O)c1cccc(NC(=S)NC(=O)c2ccccc2OCCOCC)c1. The molecule has 0 aliphatic rings. The van der Waals surface area contributed by atoms with Crippen LogP contribution in [-0.2, 0) is 4.74 Å². The number of benzene rings is 2. The zero-order chi connectivity index (χ0) is 21.1. The van der Waals surface area contributed by atoms with Crippen LogP contribution in [0.5, 0.6) is 5.75 Å². The highest BCUT2D eigenvalue weighted by molar-refractivity contribution is 7.80. The molecule has 0 aromatic heterocycles. The Hall–Kier alpha value is -2.97. The molecule has 0 aliphatic heterocycles. The summed E-state index contributed by atoms with van der Waals surface area (Å²) in [5, 5.41) is 8.40. The van der Waals surface area contributed by atoms with Gasteiger partial charge in [-0.2, -0.15) is 0 Å². The van der Waals surface area contributed by atoms with Gasteiger partial charge in [0.2, 0.25) is 0 Å². The third-order valence-corrected chi connectivity index (χ3v) is 3.97. The van der Waals surface area contributed by atoms with Crippen molar-refractivity contribution in [2.24, 2.45) is 0 Å². The highest BCUT2D eigenvalue weighted by atomic mass is 32.1. The fraction of sp³-hybridized carbons (Fsp3) is 0.286. The maximum absolute atomic E-state index is 12.6. The van der Waals surface area contributed by atoms with Crippen LogP contribution in [0.25, 0.3) is 0 Å². The van der Waals surface area contributed by atoms with E-state index in [9.17, 15) is 9.59 Å². The number of para-hydroxylation sites is 1. The van der Waals surface area contributed by atoms with Crippen molar-refractivity contribution in [2.75, 3.05) is 31.7 Å². The number of nitrogens with one attached hydrogen (secondary N) is 3. The first kappa shape index (κ1) is 22.3. The Labute approximate surface area is 175 Å². The van der Waals surface area contributed by atoms with E-state index in [1.807, 2.05) is 13.8 Å². The number of ether oxygens (including phenoxy) is 2. The molecule has 154 valence electrons. The Morgan fingerprint density at radius 2 is 1.79 bits per heavy atom. The number of thiocarbonyl (C=S) groups is 1. The predicted octanol–water partition coefficient (Wildman–Crippen LogP) is 2.98. The Morgan fingerprint density at radius 1 is 1.00 bits per heavy atom. The molecular weight excluding hydrogens is 390 g/mol. The molecule has 0 heterocycles. The van der Waals surface area contributed by atoms with Gasteiger partial charge in [0.15, 0.2) is 5.11 Å². The molecule has 8 heteroatoms. The standard InChI is InChI=1S/C21H25N3O4S/c1-3-22-19(25)15-8-7-9-16(14-15)23-21(29)24-20(26)17-10-5-6-11-18(17)28-13-12-27-4-2/h5-11,14H,3-4,12-13H2,1-2H3,(H,22,25)(H2,23,24,26,29). The summed E-state index contributed by atoms with van der Waals surface area (Å²) < 4.78 is 10.9. The van der Waals surface area contributed by atoms with Gasteiger partial charge in [-0.3, -0.25) is 14.9 Å². The number of carbonyl (C=O) groups is 2. The van der Waals surface area contributed by atoms with Crippen LogP contribution in [0.3, 0.4) is 0 Å². The Balaban J connectivity index is 1.98. The summed E-state index contributed by atoms with van der Waals surface area (Å²) in [5.41, 5.74) is 1.46. The van der Waals surface area contributed by atoms with E-state index >= 15 is 0 Å². The fourth-order valence-corrected chi connectivity index (χ4v) is 2.68. The summed E-state index contributed by atoms with van der Waals surface area (Å²) in [5.74, 6) is -0.121. The first-order valence-corrected chi connectivity index (χ1v) is 9.76. The molecule has 0 saturated heterocycles. The minimum Gasteiger partial charge on any atom is -0.490 e. The second-order valence-corrected chi connectivity index (χ2v) is 6.30. The molecule has 2 rings (SSSR count). The smallest absolute Gasteiger partial charge is 0.261 e. The lowest BCUT2D eigenvalue weighted by atomic mass is 10.2. The van der Waals surface area contributed by atoms with Gasteiger partial charge in [0, 0.05) is 24.4 Å². The van der Waals surface area contributed by atoms with Crippen LogP contribution in [0.2, 0.25) is 0 Å². The van der Waals surface area contributed by atoms with E-state index < -0.39 is 5.91 Å². The van der Waals surface area contributed by atoms with E-state index in [4.69, 9.17) is 21.7 Å². The van der Waals surface area contributed by atoms with Gasteiger partial charge >= 0.3 is 0 Å². The molecule has 0 fully saturated rings. The molecule has 0 unspecified atom stereocenters. The Kier molecular flexibility index (Phi) is 9.07. The zero-order valence-electron chi connectivity index (χ0n) is 16.5. The number of anilines is 1. The first-order valence-electron chi connectivity index (χ1n) is 9.35. The molecule has 0 saturated carbocycles. The summed E-state index contributed by atoms with van der Waals surface area (Å²) in [4.78, 5) is 24.5. The molecule has 0 atom stereocenters. The van der Waals surface area contributed by atoms with Crippen molar-refractivity contribution in [3.8, 4) is 5.75 Å². The highest BCUT2D eigenvalue weighted by Gasteiger charge is 2.14. The van der Waals surface area contributed by atoms with Gasteiger partial charge in [-0.25, -0.2) is 0 Å². The van der Waals surface area contributed by atoms with Gasteiger partial charge in [0.1, 0.15) is 12.4 Å². The van der Waals surface area contributed by atoms with Gasteiger partial charge in [0.05, 0.1) is 12.2 Å². The molecule has 3 N–H and O–H groups in total. The first-order chi connectivity index (χ1) is 14.0. The summed E-state index contributed by atoms with van der Waals surface area (Å²) >= 11 is 5.23. The van der Waals surface area contributed by atoms with Crippen LogP contribution in [0.4, 0.5) is 5.69 Å². The molecule has 2 aromatic carbocycles. The van der Waals surface area contributed by atoms with Crippen LogP contribution < -0.4 is 20.7 Å². The molecule has 0 aliphatic carbocycles. The highest BCUT2D eigenvalue weighted by Crippen LogP contribution is 2.18. The van der Waals surface area contributed by atoms with Crippen molar-refractivity contribution < 1.29 is 19.1 Å². The molecular formula is C21H25N3O4S. The van der Waals surface area contributed by atoms with Crippen molar-refractivity contribution >= 4 is 34.8 Å². The fourth-order valence-electron chi connectivity index (χ4n) is 2.47. The lowest BCUT2D eigenvalue weighted by Crippen LogP contribution is -2.34. The average molecular weight is 416 g/mol. The summed E-state index contributed by atoms with van der Waals surface area (Å²) in [7, 11) is 0. The number of rotatable bonds is 9. The van der Waals surface area contributed by atoms with E-state index in [1.165, 1.54) is 0 Å². The minimum absolute atomic E-state index is 0.118. The van der Waals surface area contributed by atoms with E-state index in [-0.39, 0.29) is 11.0 Å². The van der Waals surface area contributed by atoms with E-state index in [0.29, 0.717) is 48.9 Å². The topological polar surface area (TPSA) is 88.7 Å². The average Bonchev–Trinajstić information content (AvgIpc) is 2.71. The molecule has 29 heavy (non-hydrogen) atoms. The van der Waals surface area contributed by atoms with E-state index in [0.717, 1.165) is 0 Å². The Morgan fingerprint density at radius 3 is 2.55 bits per heavy atom. The minimum atomic E-state index is -0.394. The molecule has 0 radical (unpaired) electrons. The maximum Gasteiger partial charge on any atom is 0.261 e. The van der Waals surface area contributed by atoms with Crippen LogP contribution >= 0.6 is 12.2 Å². The van der Waals surface area contributed by atoms with E-state index in [1.54, 1.807) is 48.5 Å². The molecule has 2 aromatic rings. The molecule has 0 bridgehead atoms. The predicted molar refractivity (Wildman–Crippen MR) is 117 cm³/mol. The Bertz CT molecular complexity index is 857. The van der Waals surface area contributed by atoms with Crippen LogP contribution in [-0.4, -0.2) is 43.3 Å². The van der Waals surface area contributed by atoms with Crippen molar-refractivity contribution in [2.45, 2.75) is 13.8 Å². The number of hydrogen-bond donors (Lipinski definition) is 3. The molecule has 7 nitrogen and oxygen atoms in total. The third-order valence-electron chi connectivity index (χ3n) is 3.77. The van der Waals surface area contributed by atoms with Crippen LogP contribution in [0, 0.1) is 0 Å². The van der Waals surface area contributed by atoms with Gasteiger partial charge in [0.25, 0.3) is 11.8 Å². The normalized spacial score (nSPS) is 10.1. The van der Waals surface area contributed by atoms with Gasteiger partial charge in [-0.15, -0.1) is 0 Å². The van der Waals surface area contributed by atoms with Crippen molar-refractivity contribution in [1.82, 2.24) is 10.6 Å². The van der Waals surface area contributed by atoms with Gasteiger partial charge in [-0.1, -0.05) is 18.2 Å². The van der Waals surface area contributed by atoms with E-state index in [2.05, 4.69) is 16.0 Å². The molecule has 2 amide bonds. The summed E-state index contributed by atoms with van der Waals surface area (Å²) in [6.45, 7) is 5.68. The second kappa shape index (κ2) is 11.8. The van der Waals surface area contributed by atoms with Crippen LogP contribution in [0.1, 0.15) is 34.6 Å². The largest absolute Gasteiger partial charge is 0.490 e. The van der Waals surface area contributed by atoms with Crippen molar-refractivity contribution in [1.29, 1.82) is 0 Å². The monoisotopic (exact) mass is 415 g/mol. The number of hydrogen-bond acceptors (Lipinski definition) is 5. The lowest BCUT2D eigenvalue weighted by Gasteiger charge is -2.13. The van der Waals surface area contributed by atoms with Crippen molar-refractivity contribution in [3.63, 3.8) is 0 Å². The number of amides is 2. The quantitative estimate of drug-likeness (QED) is 0.431. The lowest BCUT2D eigenvalue weighted by molar-refractivity contribution is 0.0949. The van der Waals surface area contributed by atoms with Gasteiger partial charge < -0.3 is 20.1 Å². The number of carbonyl (C=O) groups excluding carboxylic acids is 2. The van der Waals surface area contributed by atoms with Crippen molar-refractivity contribution in [3.05, 3.63) is 59.7 Å². The third kappa shape index (κ3) is 7.17. The summed E-state index contributed by atoms with van der Waals surface area (Å²) in [6, 6.07) is 13.8. The second-order valence-electron chi connectivity index (χ2n) is 5.89. The van der Waals surface area contributed by atoms with Crippen LogP contribution in [0.15, 0.2) is 48.5 Å². The zero-order valence-corrected chi connectivity index (χ0v) is 17.3. The summed E-state index contributed by atoms with van der Waals surface area (Å²) in [6.07, 6.45) is 0. The van der Waals surface area contributed by atoms with Gasteiger partial charge in [-0.05, 0) is 56.4 Å².